The number of esters is 2. The summed E-state index contributed by atoms with van der Waals surface area (Å²) in [5.74, 6) is -0.442. The summed E-state index contributed by atoms with van der Waals surface area (Å²) < 4.78 is 11.2. The fourth-order valence-corrected chi connectivity index (χ4v) is 1.92. The topological polar surface area (TPSA) is 52.6 Å². The van der Waals surface area contributed by atoms with Crippen LogP contribution in [0.5, 0.6) is 0 Å². The van der Waals surface area contributed by atoms with Crippen molar-refractivity contribution < 1.29 is 19.1 Å². The maximum atomic E-state index is 11.5. The van der Waals surface area contributed by atoms with Crippen LogP contribution < -0.4 is 0 Å². The van der Waals surface area contributed by atoms with Gasteiger partial charge in [-0.2, -0.15) is 0 Å². The van der Waals surface area contributed by atoms with E-state index < -0.39 is 0 Å². The van der Waals surface area contributed by atoms with Crippen molar-refractivity contribution in [3.05, 3.63) is 33.4 Å². The molecule has 0 atom stereocenters. The fourth-order valence-electron chi connectivity index (χ4n) is 1.38. The lowest BCUT2D eigenvalue weighted by Crippen LogP contribution is -2.13. The van der Waals surface area contributed by atoms with Crippen LogP contribution in [0.3, 0.4) is 0 Å². The number of hydrogen-bond donors (Lipinski definition) is 0. The second-order valence-electron chi connectivity index (χ2n) is 4.83. The van der Waals surface area contributed by atoms with Crippen molar-refractivity contribution in [1.29, 1.82) is 0 Å². The van der Waals surface area contributed by atoms with E-state index in [0.29, 0.717) is 12.5 Å². The summed E-state index contributed by atoms with van der Waals surface area (Å²) in [6.45, 7) is 4.54. The minimum Gasteiger partial charge on any atom is -0.465 e. The highest BCUT2D eigenvalue weighted by molar-refractivity contribution is 14.1. The molecule has 5 heteroatoms. The number of carbonyl (C=O) groups is 2. The average molecular weight is 390 g/mol. The van der Waals surface area contributed by atoms with Crippen LogP contribution in [0.25, 0.3) is 0 Å². The van der Waals surface area contributed by atoms with Gasteiger partial charge in [0.1, 0.15) is 6.61 Å². The van der Waals surface area contributed by atoms with E-state index in [1.54, 1.807) is 0 Å². The molecular weight excluding hydrogens is 371 g/mol. The van der Waals surface area contributed by atoms with Gasteiger partial charge in [-0.3, -0.25) is 9.59 Å². The van der Waals surface area contributed by atoms with Crippen molar-refractivity contribution in [2.24, 2.45) is 5.92 Å². The Kier molecular flexibility index (Phi) is 7.58. The first-order valence-corrected chi connectivity index (χ1v) is 7.61. The highest BCUT2D eigenvalue weighted by atomic mass is 127. The molecule has 0 unspecified atom stereocenters. The Morgan fingerprint density at radius 1 is 1.10 bits per heavy atom. The smallest absolute Gasteiger partial charge is 0.306 e. The quantitative estimate of drug-likeness (QED) is 0.530. The number of ether oxygens (including phenoxy) is 2. The predicted molar refractivity (Wildman–Crippen MR) is 84.0 cm³/mol. The van der Waals surface area contributed by atoms with Gasteiger partial charge in [0.15, 0.2) is 0 Å². The molecule has 0 aliphatic rings. The van der Waals surface area contributed by atoms with Gasteiger partial charge in [-0.05, 0) is 34.6 Å². The van der Waals surface area contributed by atoms with Crippen molar-refractivity contribution in [2.45, 2.75) is 33.3 Å². The summed E-state index contributed by atoms with van der Waals surface area (Å²) in [6, 6.07) is 7.69. The first-order valence-electron chi connectivity index (χ1n) is 6.53. The molecular formula is C15H19IO4. The van der Waals surface area contributed by atoms with Gasteiger partial charge in [0.05, 0.1) is 19.4 Å². The molecule has 0 aromatic heterocycles. The molecule has 0 radical (unpaired) electrons. The van der Waals surface area contributed by atoms with E-state index in [4.69, 9.17) is 9.47 Å². The Morgan fingerprint density at radius 3 is 2.30 bits per heavy atom. The molecule has 0 saturated heterocycles. The van der Waals surface area contributed by atoms with Gasteiger partial charge in [-0.15, -0.1) is 0 Å². The number of benzene rings is 1. The van der Waals surface area contributed by atoms with Crippen molar-refractivity contribution in [2.75, 3.05) is 6.61 Å². The van der Waals surface area contributed by atoms with Crippen molar-refractivity contribution in [1.82, 2.24) is 0 Å². The van der Waals surface area contributed by atoms with Crippen LogP contribution in [0.1, 0.15) is 32.3 Å². The third-order valence-corrected chi connectivity index (χ3v) is 3.51. The van der Waals surface area contributed by atoms with E-state index in [1.807, 2.05) is 38.1 Å². The number of rotatable bonds is 7. The highest BCUT2D eigenvalue weighted by Crippen LogP contribution is 2.12. The second kappa shape index (κ2) is 8.94. The van der Waals surface area contributed by atoms with Gasteiger partial charge in [0, 0.05) is 9.13 Å². The average Bonchev–Trinajstić information content (AvgIpc) is 2.42. The van der Waals surface area contributed by atoms with Gasteiger partial charge < -0.3 is 9.47 Å². The number of halogens is 1. The van der Waals surface area contributed by atoms with E-state index in [9.17, 15) is 9.59 Å². The summed E-state index contributed by atoms with van der Waals surface area (Å²) in [4.78, 5) is 22.9. The molecule has 110 valence electrons. The molecule has 1 aromatic carbocycles. The zero-order valence-corrected chi connectivity index (χ0v) is 13.9. The maximum Gasteiger partial charge on any atom is 0.306 e. The standard InChI is InChI=1S/C15H19IO4/c1-11(2)9-19-14(17)7-8-15(18)20-10-12-5-3-4-6-13(12)16/h3-6,11H,7-10H2,1-2H3. The molecule has 0 amide bonds. The van der Waals surface area contributed by atoms with Crippen molar-refractivity contribution in [3.8, 4) is 0 Å². The zero-order valence-electron chi connectivity index (χ0n) is 11.7. The van der Waals surface area contributed by atoms with E-state index in [0.717, 1.165) is 9.13 Å². The first kappa shape index (κ1) is 16.9. The SMILES string of the molecule is CC(C)COC(=O)CCC(=O)OCc1ccccc1I. The van der Waals surface area contributed by atoms with Crippen molar-refractivity contribution in [3.63, 3.8) is 0 Å². The Balaban J connectivity index is 2.24. The Bertz CT molecular complexity index is 457. The molecule has 0 bridgehead atoms. The largest absolute Gasteiger partial charge is 0.465 e. The molecule has 0 aliphatic heterocycles. The summed E-state index contributed by atoms with van der Waals surface area (Å²) >= 11 is 2.19. The maximum absolute atomic E-state index is 11.5. The molecule has 0 N–H and O–H groups in total. The third kappa shape index (κ3) is 6.88. The van der Waals surface area contributed by atoms with Gasteiger partial charge in [0.2, 0.25) is 0 Å². The van der Waals surface area contributed by atoms with Gasteiger partial charge in [-0.25, -0.2) is 0 Å². The van der Waals surface area contributed by atoms with Crippen LogP contribution in [0, 0.1) is 9.49 Å². The molecule has 1 aromatic rings. The van der Waals surface area contributed by atoms with E-state index in [1.165, 1.54) is 0 Å². The fraction of sp³-hybridized carbons (Fsp3) is 0.467. The molecule has 4 nitrogen and oxygen atoms in total. The minimum absolute atomic E-state index is 0.0559. The summed E-state index contributed by atoms with van der Waals surface area (Å²) in [5, 5.41) is 0. The van der Waals surface area contributed by atoms with Gasteiger partial charge in [-0.1, -0.05) is 32.0 Å². The normalized spacial score (nSPS) is 10.4. The van der Waals surface area contributed by atoms with Crippen LogP contribution in [0.2, 0.25) is 0 Å². The molecule has 0 fully saturated rings. The van der Waals surface area contributed by atoms with Gasteiger partial charge >= 0.3 is 11.9 Å². The second-order valence-corrected chi connectivity index (χ2v) is 5.99. The van der Waals surface area contributed by atoms with Crippen LogP contribution in [-0.2, 0) is 25.7 Å². The molecule has 0 heterocycles. The van der Waals surface area contributed by atoms with Crippen molar-refractivity contribution >= 4 is 34.5 Å². The molecule has 0 aliphatic carbocycles. The van der Waals surface area contributed by atoms with E-state index in [-0.39, 0.29) is 31.4 Å². The first-order chi connectivity index (χ1) is 9.49. The number of hydrogen-bond acceptors (Lipinski definition) is 4. The Morgan fingerprint density at radius 2 is 1.70 bits per heavy atom. The lowest BCUT2D eigenvalue weighted by Gasteiger charge is -2.08. The lowest BCUT2D eigenvalue weighted by atomic mass is 10.2. The van der Waals surface area contributed by atoms with Crippen LogP contribution in [0.15, 0.2) is 24.3 Å². The summed E-state index contributed by atoms with van der Waals surface area (Å²) in [6.07, 6.45) is 0.123. The Labute approximate surface area is 133 Å². The monoisotopic (exact) mass is 390 g/mol. The molecule has 20 heavy (non-hydrogen) atoms. The minimum atomic E-state index is -0.383. The number of carbonyl (C=O) groups excluding carboxylic acids is 2. The highest BCUT2D eigenvalue weighted by Gasteiger charge is 2.10. The van der Waals surface area contributed by atoms with Gasteiger partial charge in [0.25, 0.3) is 0 Å². The van der Waals surface area contributed by atoms with Crippen LogP contribution in [-0.4, -0.2) is 18.5 Å². The van der Waals surface area contributed by atoms with Crippen LogP contribution in [0.4, 0.5) is 0 Å². The Hall–Kier alpha value is -1.11. The predicted octanol–water partition coefficient (Wildman–Crippen LogP) is 3.31. The van der Waals surface area contributed by atoms with E-state index >= 15 is 0 Å². The lowest BCUT2D eigenvalue weighted by molar-refractivity contribution is -0.151. The summed E-state index contributed by atoms with van der Waals surface area (Å²) in [7, 11) is 0. The molecule has 0 spiro atoms. The van der Waals surface area contributed by atoms with Crippen LogP contribution >= 0.6 is 22.6 Å². The zero-order chi connectivity index (χ0) is 15.0. The molecule has 0 saturated carbocycles. The molecule has 1 rings (SSSR count). The van der Waals surface area contributed by atoms with E-state index in [2.05, 4.69) is 22.6 Å². The third-order valence-electron chi connectivity index (χ3n) is 2.46. The summed E-state index contributed by atoms with van der Waals surface area (Å²) in [5.41, 5.74) is 0.962.